The molecule has 65 heavy (non-hydrogen) atoms. The Labute approximate surface area is 387 Å². The Bertz CT molecular complexity index is 1760. The quantitative estimate of drug-likeness (QED) is 0.164. The van der Waals surface area contributed by atoms with Crippen LogP contribution in [-0.4, -0.2) is 139 Å². The summed E-state index contributed by atoms with van der Waals surface area (Å²) >= 11 is 0. The minimum Gasteiger partial charge on any atom is -0.460 e. The number of ether oxygens (including phenoxy) is 6. The molecule has 17 atom stereocenters. The van der Waals surface area contributed by atoms with E-state index in [1.165, 1.54) is 4.90 Å². The van der Waals surface area contributed by atoms with E-state index in [0.717, 1.165) is 12.0 Å². The Balaban J connectivity index is 1.51. The van der Waals surface area contributed by atoms with Gasteiger partial charge in [-0.2, -0.15) is 0 Å². The molecule has 0 aromatic heterocycles. The summed E-state index contributed by atoms with van der Waals surface area (Å²) in [7, 11) is 6.33. The highest BCUT2D eigenvalue weighted by Gasteiger charge is 2.57. The van der Waals surface area contributed by atoms with Crippen molar-refractivity contribution < 1.29 is 62.9 Å². The predicted molar refractivity (Wildman–Crippen MR) is 244 cm³/mol. The van der Waals surface area contributed by atoms with E-state index in [1.807, 2.05) is 31.2 Å². The zero-order valence-electron chi connectivity index (χ0n) is 40.6. The van der Waals surface area contributed by atoms with Crippen LogP contribution in [-0.2, 0) is 47.6 Å². The number of esters is 1. The number of aliphatic hydroxyl groups excluding tert-OH is 2. The zero-order valence-corrected chi connectivity index (χ0v) is 40.6. The number of carbonyl (C=O) groups is 4. The third-order valence-corrected chi connectivity index (χ3v) is 15.4. The predicted octanol–water partition coefficient (Wildman–Crippen LogP) is 5.85. The maximum absolute atomic E-state index is 14.5. The highest BCUT2D eigenvalue weighted by molar-refractivity contribution is 6.39. The number of piperidine rings is 1. The molecule has 366 valence electrons. The van der Waals surface area contributed by atoms with Crippen molar-refractivity contribution in [3.05, 3.63) is 47.6 Å². The lowest BCUT2D eigenvalue weighted by molar-refractivity contribution is -0.266. The number of amides is 1. The molecule has 5 aliphatic rings. The van der Waals surface area contributed by atoms with Gasteiger partial charge in [0.1, 0.15) is 30.1 Å². The van der Waals surface area contributed by atoms with Crippen LogP contribution in [0.15, 0.2) is 47.6 Å². The third kappa shape index (κ3) is 12.5. The molecular weight excluding hydrogens is 835 g/mol. The van der Waals surface area contributed by atoms with Gasteiger partial charge in [0.25, 0.3) is 11.7 Å². The molecule has 5 rings (SSSR count). The number of hydrogen-bond acceptors (Lipinski definition) is 13. The van der Waals surface area contributed by atoms with Crippen LogP contribution >= 0.6 is 0 Å². The molecule has 14 heteroatoms. The smallest absolute Gasteiger partial charge is 0.329 e. The van der Waals surface area contributed by atoms with Crippen molar-refractivity contribution in [1.82, 2.24) is 4.90 Å². The molecule has 3 saturated heterocycles. The lowest BCUT2D eigenvalue weighted by atomic mass is 9.68. The number of fused-ring (bicyclic) bond motifs is 4. The van der Waals surface area contributed by atoms with Gasteiger partial charge < -0.3 is 48.6 Å². The van der Waals surface area contributed by atoms with E-state index in [9.17, 15) is 34.5 Å². The van der Waals surface area contributed by atoms with Crippen molar-refractivity contribution in [3.63, 3.8) is 0 Å². The second kappa shape index (κ2) is 23.8. The molecule has 0 aromatic carbocycles. The van der Waals surface area contributed by atoms with Crippen LogP contribution in [0.1, 0.15) is 112 Å². The summed E-state index contributed by atoms with van der Waals surface area (Å²) in [6.07, 6.45) is 12.0. The van der Waals surface area contributed by atoms with Gasteiger partial charge in [-0.15, -0.1) is 0 Å². The van der Waals surface area contributed by atoms with Crippen molar-refractivity contribution in [2.75, 3.05) is 35.0 Å². The number of methoxy groups -OCH3 is 4. The van der Waals surface area contributed by atoms with Crippen molar-refractivity contribution in [3.8, 4) is 0 Å². The SMILES string of the molecule is CO[C@@H]1[C@H](OC)[C@H](O)/C(C)=C/C(C)C(=O)CC2OC(=O)[C@@H]3[C@H](CCCN3C(=O)C(=O)[C@]3(O)O[C@@H](CC[C@H]3C)C[C@H](OC)/C(C)=C/C=C/C=C/[C@@H](C)C[C@H]1C)C2C[C@@H]1CC[C@@H](O)[C@H](OC)C1. The Morgan fingerprint density at radius 1 is 0.815 bits per heavy atom. The number of aliphatic hydroxyl groups is 3. The Morgan fingerprint density at radius 2 is 1.54 bits per heavy atom. The van der Waals surface area contributed by atoms with E-state index < -0.39 is 90.0 Å². The molecule has 1 saturated carbocycles. The number of ketones is 2. The maximum Gasteiger partial charge on any atom is 0.329 e. The second-order valence-electron chi connectivity index (χ2n) is 19.9. The number of Topliss-reactive ketones (excluding diaryl/α,β-unsaturated/α-hetero) is 2. The van der Waals surface area contributed by atoms with Crippen molar-refractivity contribution >= 4 is 23.4 Å². The minimum atomic E-state index is -2.42. The first kappa shape index (κ1) is 52.9. The van der Waals surface area contributed by atoms with Crippen LogP contribution in [0.25, 0.3) is 0 Å². The molecule has 1 aliphatic carbocycles. The number of rotatable bonds is 6. The van der Waals surface area contributed by atoms with E-state index in [-0.39, 0.29) is 48.5 Å². The summed E-state index contributed by atoms with van der Waals surface area (Å²) in [6.45, 7) is 11.5. The van der Waals surface area contributed by atoms with Gasteiger partial charge in [0.15, 0.2) is 0 Å². The third-order valence-electron chi connectivity index (χ3n) is 15.4. The zero-order chi connectivity index (χ0) is 47.7. The van der Waals surface area contributed by atoms with E-state index in [1.54, 1.807) is 55.3 Å². The van der Waals surface area contributed by atoms with E-state index in [0.29, 0.717) is 63.4 Å². The standard InChI is InChI=1S/C51H79NO13/c1-29-15-12-11-13-16-30(2)41(60-7)27-36-20-18-34(6)51(59,65-36)48(56)49(57)52-22-14-17-37-38(25-35-19-21-39(53)43(26-35)61-8)42(64-50(58)44(37)52)28-40(54)31(3)24-32(4)45(55)47(63-10)46(62-9)33(5)23-29/h11-13,15-16,24,29,31,33-39,41-47,53,55,59H,14,17-23,25-28H2,1-10H3/b13-11+,15-12+,30-16+,32-24+/t29-,31?,33-,34-,35+,36+,37-,38?,39-,41+,42?,43-,44+,45-,46+,47-,51-/m1/s1. The Hall–Kier alpha value is -3.08. The first-order valence-corrected chi connectivity index (χ1v) is 24.0. The maximum atomic E-state index is 14.5. The van der Waals surface area contributed by atoms with Crippen LogP contribution in [0, 0.1) is 41.4 Å². The minimum absolute atomic E-state index is 0.00646. The average molecular weight is 914 g/mol. The summed E-state index contributed by atoms with van der Waals surface area (Å²) in [5, 5.41) is 34.4. The number of allylic oxidation sites excluding steroid dienone is 6. The Morgan fingerprint density at radius 3 is 2.22 bits per heavy atom. The molecule has 4 aliphatic heterocycles. The van der Waals surface area contributed by atoms with Gasteiger partial charge in [-0.3, -0.25) is 14.4 Å². The van der Waals surface area contributed by atoms with Crippen LogP contribution in [0.3, 0.4) is 0 Å². The van der Waals surface area contributed by atoms with Gasteiger partial charge in [-0.25, -0.2) is 4.79 Å². The average Bonchev–Trinajstić information content (AvgIpc) is 3.28. The normalized spacial score (nSPS) is 43.8. The number of nitrogens with zero attached hydrogens (tertiary/aromatic N) is 1. The van der Waals surface area contributed by atoms with Crippen LogP contribution in [0.2, 0.25) is 0 Å². The number of carbonyl (C=O) groups excluding carboxylic acids is 4. The lowest BCUT2D eigenvalue weighted by Gasteiger charge is -2.50. The fourth-order valence-corrected chi connectivity index (χ4v) is 11.4. The van der Waals surface area contributed by atoms with Gasteiger partial charge >= 0.3 is 5.97 Å². The van der Waals surface area contributed by atoms with Gasteiger partial charge in [0, 0.05) is 65.6 Å². The molecule has 1 amide bonds. The van der Waals surface area contributed by atoms with E-state index in [2.05, 4.69) is 19.9 Å². The molecule has 4 fully saturated rings. The molecule has 4 heterocycles. The molecular formula is C51H79NO13. The number of hydrogen-bond donors (Lipinski definition) is 3. The second-order valence-corrected chi connectivity index (χ2v) is 19.9. The Kier molecular flexibility index (Phi) is 19.3. The molecule has 0 aromatic rings. The highest BCUT2D eigenvalue weighted by atomic mass is 16.6. The fourth-order valence-electron chi connectivity index (χ4n) is 11.4. The first-order valence-electron chi connectivity index (χ1n) is 24.0. The lowest BCUT2D eigenvalue weighted by Crippen LogP contribution is -2.65. The van der Waals surface area contributed by atoms with Gasteiger partial charge in [-0.1, -0.05) is 64.2 Å². The van der Waals surface area contributed by atoms with Crippen LogP contribution < -0.4 is 0 Å². The fraction of sp³-hybridized carbons (Fsp3) is 0.765. The summed E-state index contributed by atoms with van der Waals surface area (Å²) in [6, 6.07) is -1.10. The highest BCUT2D eigenvalue weighted by Crippen LogP contribution is 2.45. The summed E-state index contributed by atoms with van der Waals surface area (Å²) in [5.74, 6) is -7.33. The van der Waals surface area contributed by atoms with Crippen LogP contribution in [0.5, 0.6) is 0 Å². The van der Waals surface area contributed by atoms with E-state index in [4.69, 9.17) is 28.4 Å². The summed E-state index contributed by atoms with van der Waals surface area (Å²) in [4.78, 5) is 58.6. The van der Waals surface area contributed by atoms with Crippen molar-refractivity contribution in [2.24, 2.45) is 41.4 Å². The summed E-state index contributed by atoms with van der Waals surface area (Å²) < 4.78 is 35.8. The van der Waals surface area contributed by atoms with Gasteiger partial charge in [0.2, 0.25) is 5.79 Å². The molecule has 3 N–H and O–H groups in total. The summed E-state index contributed by atoms with van der Waals surface area (Å²) in [5.41, 5.74) is 1.46. The van der Waals surface area contributed by atoms with Crippen LogP contribution in [0.4, 0.5) is 0 Å². The monoisotopic (exact) mass is 914 g/mol. The first-order chi connectivity index (χ1) is 30.9. The molecule has 14 nitrogen and oxygen atoms in total. The van der Waals surface area contributed by atoms with Crippen molar-refractivity contribution in [2.45, 2.75) is 173 Å². The molecule has 0 spiro atoms. The van der Waals surface area contributed by atoms with Gasteiger partial charge in [0.05, 0.1) is 30.5 Å². The van der Waals surface area contributed by atoms with Gasteiger partial charge in [-0.05, 0) is 106 Å². The molecule has 3 unspecified atom stereocenters. The van der Waals surface area contributed by atoms with E-state index >= 15 is 0 Å². The largest absolute Gasteiger partial charge is 0.460 e. The molecule has 4 bridgehead atoms. The van der Waals surface area contributed by atoms with Crippen molar-refractivity contribution in [1.29, 1.82) is 0 Å². The topological polar surface area (TPSA) is 188 Å². The molecule has 0 radical (unpaired) electrons.